The fraction of sp³-hybridized carbons (Fsp3) is 0.500. The van der Waals surface area contributed by atoms with Gasteiger partial charge in [-0.1, -0.05) is 0 Å². The Morgan fingerprint density at radius 1 is 1.42 bits per heavy atom. The summed E-state index contributed by atoms with van der Waals surface area (Å²) in [6.07, 6.45) is 2.12. The lowest BCUT2D eigenvalue weighted by molar-refractivity contribution is 0.0571. The van der Waals surface area contributed by atoms with Crippen LogP contribution in [-0.4, -0.2) is 41.6 Å². The Kier molecular flexibility index (Phi) is 3.14. The van der Waals surface area contributed by atoms with Crippen LogP contribution < -0.4 is 5.32 Å². The Morgan fingerprint density at radius 3 is 3.05 bits per heavy atom. The van der Waals surface area contributed by atoms with E-state index in [-0.39, 0.29) is 23.3 Å². The van der Waals surface area contributed by atoms with Crippen molar-refractivity contribution in [3.63, 3.8) is 0 Å². The summed E-state index contributed by atoms with van der Waals surface area (Å²) in [6.45, 7) is 2.46. The molecule has 0 spiro atoms. The highest BCUT2D eigenvalue weighted by atomic mass is 19.1. The lowest BCUT2D eigenvalue weighted by atomic mass is 9.91. The molecule has 0 aromatic heterocycles. The number of rotatable bonds is 1. The minimum absolute atomic E-state index is 0.189. The van der Waals surface area contributed by atoms with Crippen molar-refractivity contribution in [2.45, 2.75) is 18.9 Å². The number of benzene rings is 1. The predicted molar refractivity (Wildman–Crippen MR) is 68.5 cm³/mol. The highest BCUT2D eigenvalue weighted by Crippen LogP contribution is 2.29. The summed E-state index contributed by atoms with van der Waals surface area (Å²) < 4.78 is 13.0. The van der Waals surface area contributed by atoms with Gasteiger partial charge in [-0.15, -0.1) is 0 Å². The van der Waals surface area contributed by atoms with E-state index in [1.165, 1.54) is 12.1 Å². The van der Waals surface area contributed by atoms with E-state index < -0.39 is 5.82 Å². The van der Waals surface area contributed by atoms with Crippen molar-refractivity contribution in [1.82, 2.24) is 10.2 Å². The Balaban J connectivity index is 1.86. The number of fused-ring (bicyclic) bond motifs is 1. The summed E-state index contributed by atoms with van der Waals surface area (Å²) in [5.41, 5.74) is 0.189. The first-order chi connectivity index (χ1) is 9.16. The summed E-state index contributed by atoms with van der Waals surface area (Å²) in [6, 6.07) is 3.76. The molecule has 2 aliphatic heterocycles. The molecule has 3 rings (SSSR count). The van der Waals surface area contributed by atoms with Crippen LogP contribution in [0.25, 0.3) is 0 Å². The molecular weight excluding hydrogens is 247 g/mol. The predicted octanol–water partition coefficient (Wildman–Crippen LogP) is 1.36. The third-order valence-electron chi connectivity index (χ3n) is 4.13. The number of piperidine rings is 1. The molecule has 102 valence electrons. The average Bonchev–Trinajstić information content (AvgIpc) is 2.86. The number of hydrogen-bond donors (Lipinski definition) is 2. The molecule has 1 aromatic rings. The molecule has 2 saturated heterocycles. The smallest absolute Gasteiger partial charge is 0.257 e. The lowest BCUT2D eigenvalue weighted by Gasteiger charge is -2.37. The standard InChI is InChI=1S/C14H17FN2O2/c15-10-3-4-11(13(18)6-10)14(19)17-5-1-2-9-7-16-8-12(9)17/h3-4,6,9,12,16,18H,1-2,5,7-8H2. The molecule has 2 N–H and O–H groups in total. The molecule has 2 atom stereocenters. The van der Waals surface area contributed by atoms with E-state index >= 15 is 0 Å². The highest BCUT2D eigenvalue weighted by Gasteiger charge is 2.38. The van der Waals surface area contributed by atoms with Crippen molar-refractivity contribution in [1.29, 1.82) is 0 Å². The molecule has 4 nitrogen and oxygen atoms in total. The van der Waals surface area contributed by atoms with Gasteiger partial charge in [-0.05, 0) is 30.9 Å². The molecule has 1 aromatic carbocycles. The van der Waals surface area contributed by atoms with Gasteiger partial charge in [-0.25, -0.2) is 4.39 Å². The monoisotopic (exact) mass is 264 g/mol. The zero-order chi connectivity index (χ0) is 13.4. The first kappa shape index (κ1) is 12.4. The number of amides is 1. The Labute approximate surface area is 111 Å². The van der Waals surface area contributed by atoms with E-state index in [4.69, 9.17) is 0 Å². The number of carbonyl (C=O) groups excluding carboxylic acids is 1. The Hall–Kier alpha value is -1.62. The Bertz CT molecular complexity index is 506. The third-order valence-corrected chi connectivity index (χ3v) is 4.13. The van der Waals surface area contributed by atoms with Gasteiger partial charge < -0.3 is 15.3 Å². The number of nitrogens with zero attached hydrogens (tertiary/aromatic N) is 1. The summed E-state index contributed by atoms with van der Waals surface area (Å²) in [4.78, 5) is 14.3. The van der Waals surface area contributed by atoms with E-state index in [1.54, 1.807) is 0 Å². The van der Waals surface area contributed by atoms with Crippen molar-refractivity contribution >= 4 is 5.91 Å². The summed E-state index contributed by atoms with van der Waals surface area (Å²) in [7, 11) is 0. The van der Waals surface area contributed by atoms with Crippen LogP contribution in [0.1, 0.15) is 23.2 Å². The van der Waals surface area contributed by atoms with Gasteiger partial charge in [0.15, 0.2) is 0 Å². The number of hydrogen-bond acceptors (Lipinski definition) is 3. The van der Waals surface area contributed by atoms with Gasteiger partial charge in [0.2, 0.25) is 0 Å². The van der Waals surface area contributed by atoms with Gasteiger partial charge >= 0.3 is 0 Å². The summed E-state index contributed by atoms with van der Waals surface area (Å²) in [5.74, 6) is -0.512. The van der Waals surface area contributed by atoms with Gasteiger partial charge in [-0.3, -0.25) is 4.79 Å². The zero-order valence-electron chi connectivity index (χ0n) is 10.6. The van der Waals surface area contributed by atoms with Gasteiger partial charge in [-0.2, -0.15) is 0 Å². The third kappa shape index (κ3) is 2.18. The number of likely N-dealkylation sites (tertiary alicyclic amines) is 1. The first-order valence-corrected chi connectivity index (χ1v) is 6.67. The molecule has 2 heterocycles. The fourth-order valence-electron chi connectivity index (χ4n) is 3.16. The van der Waals surface area contributed by atoms with E-state index in [9.17, 15) is 14.3 Å². The Morgan fingerprint density at radius 2 is 2.26 bits per heavy atom. The van der Waals surface area contributed by atoms with E-state index in [1.807, 2.05) is 4.90 Å². The second kappa shape index (κ2) is 4.81. The van der Waals surface area contributed by atoms with E-state index in [0.29, 0.717) is 12.5 Å². The summed E-state index contributed by atoms with van der Waals surface area (Å²) >= 11 is 0. The van der Waals surface area contributed by atoms with Crippen molar-refractivity contribution in [2.75, 3.05) is 19.6 Å². The van der Waals surface area contributed by atoms with Crippen LogP contribution in [0.5, 0.6) is 5.75 Å². The van der Waals surface area contributed by atoms with Crippen LogP contribution in [0, 0.1) is 11.7 Å². The summed E-state index contributed by atoms with van der Waals surface area (Å²) in [5, 5.41) is 13.0. The van der Waals surface area contributed by atoms with Gasteiger partial charge in [0.05, 0.1) is 5.56 Å². The number of phenols is 1. The fourth-order valence-corrected chi connectivity index (χ4v) is 3.16. The van der Waals surface area contributed by atoms with Crippen LogP contribution in [0.15, 0.2) is 18.2 Å². The van der Waals surface area contributed by atoms with E-state index in [2.05, 4.69) is 5.32 Å². The van der Waals surface area contributed by atoms with Crippen molar-refractivity contribution in [2.24, 2.45) is 5.92 Å². The molecule has 1 amide bonds. The number of carbonyl (C=O) groups is 1. The highest BCUT2D eigenvalue weighted by molar-refractivity contribution is 5.97. The molecule has 19 heavy (non-hydrogen) atoms. The maximum Gasteiger partial charge on any atom is 0.257 e. The second-order valence-corrected chi connectivity index (χ2v) is 5.29. The first-order valence-electron chi connectivity index (χ1n) is 6.67. The largest absolute Gasteiger partial charge is 0.507 e. The average molecular weight is 264 g/mol. The number of phenolic OH excluding ortho intramolecular Hbond substituents is 1. The minimum atomic E-state index is -0.534. The molecule has 0 saturated carbocycles. The number of aromatic hydroxyl groups is 1. The van der Waals surface area contributed by atoms with Crippen molar-refractivity contribution < 1.29 is 14.3 Å². The molecular formula is C14H17FN2O2. The van der Waals surface area contributed by atoms with Crippen LogP contribution in [0.2, 0.25) is 0 Å². The molecule has 2 fully saturated rings. The molecule has 2 aliphatic rings. The zero-order valence-corrected chi connectivity index (χ0v) is 10.6. The van der Waals surface area contributed by atoms with Crippen LogP contribution >= 0.6 is 0 Å². The number of nitrogens with one attached hydrogen (secondary N) is 1. The maximum absolute atomic E-state index is 13.0. The molecule has 0 radical (unpaired) electrons. The SMILES string of the molecule is O=C(c1ccc(F)cc1O)N1CCCC2CNCC21. The van der Waals surface area contributed by atoms with Crippen LogP contribution in [-0.2, 0) is 0 Å². The second-order valence-electron chi connectivity index (χ2n) is 5.29. The van der Waals surface area contributed by atoms with Crippen LogP contribution in [0.4, 0.5) is 4.39 Å². The van der Waals surface area contributed by atoms with Crippen molar-refractivity contribution in [3.05, 3.63) is 29.6 Å². The normalized spacial score (nSPS) is 26.3. The van der Waals surface area contributed by atoms with Crippen LogP contribution in [0.3, 0.4) is 0 Å². The topological polar surface area (TPSA) is 52.6 Å². The lowest BCUT2D eigenvalue weighted by Crippen LogP contribution is -2.48. The van der Waals surface area contributed by atoms with Gasteiger partial charge in [0.25, 0.3) is 5.91 Å². The van der Waals surface area contributed by atoms with Gasteiger partial charge in [0.1, 0.15) is 11.6 Å². The minimum Gasteiger partial charge on any atom is -0.507 e. The quantitative estimate of drug-likeness (QED) is 0.805. The van der Waals surface area contributed by atoms with E-state index in [0.717, 1.165) is 32.0 Å². The van der Waals surface area contributed by atoms with Gasteiger partial charge in [0, 0.05) is 31.7 Å². The molecule has 2 unspecified atom stereocenters. The maximum atomic E-state index is 13.0. The molecule has 0 bridgehead atoms. The number of halogens is 1. The molecule has 0 aliphatic carbocycles. The van der Waals surface area contributed by atoms with Crippen molar-refractivity contribution in [3.8, 4) is 5.75 Å². The molecule has 5 heteroatoms.